The van der Waals surface area contributed by atoms with Crippen molar-refractivity contribution in [3.8, 4) is 5.75 Å². The summed E-state index contributed by atoms with van der Waals surface area (Å²) >= 11 is 3.43. The average Bonchev–Trinajstić information content (AvgIpc) is 2.92. The molecule has 5 nitrogen and oxygen atoms in total. The van der Waals surface area contributed by atoms with Gasteiger partial charge in [0.1, 0.15) is 5.75 Å². The average molecular weight is 356 g/mol. The third-order valence-corrected chi connectivity index (χ3v) is 4.75. The van der Waals surface area contributed by atoms with Crippen LogP contribution in [0.1, 0.15) is 24.8 Å². The maximum absolute atomic E-state index is 12.3. The van der Waals surface area contributed by atoms with Crippen LogP contribution in [-0.4, -0.2) is 24.1 Å². The summed E-state index contributed by atoms with van der Waals surface area (Å²) in [4.78, 5) is 23.2. The largest absolute Gasteiger partial charge is 0.495 e. The first-order chi connectivity index (χ1) is 9.92. The van der Waals surface area contributed by atoms with Gasteiger partial charge in [0.15, 0.2) is 0 Å². The quantitative estimate of drug-likeness (QED) is 0.869. The third-order valence-electron chi connectivity index (χ3n) is 3.89. The van der Waals surface area contributed by atoms with Crippen LogP contribution in [0.3, 0.4) is 0 Å². The summed E-state index contributed by atoms with van der Waals surface area (Å²) in [7, 11) is 1.55. The standard InChI is InChI=1S/C15H18BrNO4/c1-8-5-13(21-2)12(7-11(8)16)17-14(18)9-3-4-10(6-9)15(19)20/h5,7,9-10H,3-4,6H2,1-2H3,(H,17,18)(H,19,20)/t9-,10+/m1/s1. The first-order valence-corrected chi connectivity index (χ1v) is 7.59. The van der Waals surface area contributed by atoms with Gasteiger partial charge < -0.3 is 15.2 Å². The number of ether oxygens (including phenoxy) is 1. The molecule has 0 aromatic heterocycles. The van der Waals surface area contributed by atoms with Crippen molar-refractivity contribution >= 4 is 33.5 Å². The summed E-state index contributed by atoms with van der Waals surface area (Å²) in [5, 5.41) is 11.8. The minimum absolute atomic E-state index is 0.146. The Hall–Kier alpha value is -1.56. The molecule has 0 saturated heterocycles. The van der Waals surface area contributed by atoms with Gasteiger partial charge in [0.25, 0.3) is 0 Å². The van der Waals surface area contributed by atoms with E-state index in [-0.39, 0.29) is 11.8 Å². The number of anilines is 1. The number of benzene rings is 1. The second-order valence-electron chi connectivity index (χ2n) is 5.34. The molecule has 0 spiro atoms. The molecule has 6 heteroatoms. The summed E-state index contributed by atoms with van der Waals surface area (Å²) in [5.74, 6) is -1.03. The molecule has 1 aliphatic carbocycles. The van der Waals surface area contributed by atoms with Crippen molar-refractivity contribution in [1.29, 1.82) is 0 Å². The molecule has 2 rings (SSSR count). The van der Waals surface area contributed by atoms with Crippen molar-refractivity contribution in [3.63, 3.8) is 0 Å². The predicted molar refractivity (Wildman–Crippen MR) is 82.5 cm³/mol. The van der Waals surface area contributed by atoms with Gasteiger partial charge in [0.2, 0.25) is 5.91 Å². The van der Waals surface area contributed by atoms with Crippen molar-refractivity contribution in [2.75, 3.05) is 12.4 Å². The maximum atomic E-state index is 12.3. The number of hydrogen-bond donors (Lipinski definition) is 2. The molecule has 1 saturated carbocycles. The zero-order valence-electron chi connectivity index (χ0n) is 12.0. The maximum Gasteiger partial charge on any atom is 0.306 e. The second kappa shape index (κ2) is 6.47. The van der Waals surface area contributed by atoms with Gasteiger partial charge in [-0.25, -0.2) is 0 Å². The number of halogens is 1. The van der Waals surface area contributed by atoms with Gasteiger partial charge in [0.05, 0.1) is 18.7 Å². The van der Waals surface area contributed by atoms with E-state index in [0.29, 0.717) is 30.7 Å². The van der Waals surface area contributed by atoms with Crippen LogP contribution in [0.4, 0.5) is 5.69 Å². The van der Waals surface area contributed by atoms with E-state index in [0.717, 1.165) is 10.0 Å². The van der Waals surface area contributed by atoms with E-state index in [4.69, 9.17) is 9.84 Å². The first-order valence-electron chi connectivity index (χ1n) is 6.80. The van der Waals surface area contributed by atoms with Gasteiger partial charge in [-0.05, 0) is 43.9 Å². The lowest BCUT2D eigenvalue weighted by molar-refractivity contribution is -0.141. The Morgan fingerprint density at radius 2 is 2.00 bits per heavy atom. The van der Waals surface area contributed by atoms with Crippen LogP contribution in [0.25, 0.3) is 0 Å². The zero-order valence-corrected chi connectivity index (χ0v) is 13.6. The van der Waals surface area contributed by atoms with Gasteiger partial charge >= 0.3 is 5.97 Å². The van der Waals surface area contributed by atoms with Crippen LogP contribution in [0, 0.1) is 18.8 Å². The van der Waals surface area contributed by atoms with E-state index in [1.165, 1.54) is 0 Å². The van der Waals surface area contributed by atoms with Crippen molar-refractivity contribution in [2.45, 2.75) is 26.2 Å². The number of carbonyl (C=O) groups excluding carboxylic acids is 1. The second-order valence-corrected chi connectivity index (χ2v) is 6.19. The molecule has 0 radical (unpaired) electrons. The summed E-state index contributed by atoms with van der Waals surface area (Å²) < 4.78 is 6.16. The molecule has 0 bridgehead atoms. The summed E-state index contributed by atoms with van der Waals surface area (Å²) in [6, 6.07) is 3.64. The Morgan fingerprint density at radius 3 is 2.57 bits per heavy atom. The smallest absolute Gasteiger partial charge is 0.306 e. The highest BCUT2D eigenvalue weighted by atomic mass is 79.9. The molecule has 1 fully saturated rings. The highest BCUT2D eigenvalue weighted by Crippen LogP contribution is 2.35. The molecule has 1 aromatic carbocycles. The molecule has 0 aliphatic heterocycles. The molecule has 0 heterocycles. The van der Waals surface area contributed by atoms with Crippen LogP contribution >= 0.6 is 15.9 Å². The van der Waals surface area contributed by atoms with Gasteiger partial charge in [-0.15, -0.1) is 0 Å². The van der Waals surface area contributed by atoms with Gasteiger partial charge in [0, 0.05) is 10.4 Å². The van der Waals surface area contributed by atoms with E-state index >= 15 is 0 Å². The van der Waals surface area contributed by atoms with Gasteiger partial charge in [-0.2, -0.15) is 0 Å². The molecule has 21 heavy (non-hydrogen) atoms. The van der Waals surface area contributed by atoms with E-state index in [2.05, 4.69) is 21.2 Å². The fourth-order valence-electron chi connectivity index (χ4n) is 2.60. The number of aryl methyl sites for hydroxylation is 1. The van der Waals surface area contributed by atoms with E-state index in [1.807, 2.05) is 13.0 Å². The Morgan fingerprint density at radius 1 is 1.33 bits per heavy atom. The van der Waals surface area contributed by atoms with Crippen molar-refractivity contribution in [2.24, 2.45) is 11.8 Å². The van der Waals surface area contributed by atoms with E-state index in [9.17, 15) is 9.59 Å². The van der Waals surface area contributed by atoms with Crippen LogP contribution in [0.15, 0.2) is 16.6 Å². The predicted octanol–water partition coefficient (Wildman–Crippen LogP) is 3.21. The minimum atomic E-state index is -0.819. The monoisotopic (exact) mass is 355 g/mol. The van der Waals surface area contributed by atoms with Crippen molar-refractivity contribution in [1.82, 2.24) is 0 Å². The minimum Gasteiger partial charge on any atom is -0.495 e. The number of carbonyl (C=O) groups is 2. The SMILES string of the molecule is COc1cc(C)c(Br)cc1NC(=O)[C@@H]1CC[C@H](C(=O)O)C1. The molecule has 1 aliphatic rings. The fraction of sp³-hybridized carbons (Fsp3) is 0.467. The molecular formula is C15H18BrNO4. The first kappa shape index (κ1) is 15.8. The number of rotatable bonds is 4. The summed E-state index contributed by atoms with van der Waals surface area (Å²) in [5.41, 5.74) is 1.61. The molecule has 2 N–H and O–H groups in total. The number of methoxy groups -OCH3 is 1. The summed E-state index contributed by atoms with van der Waals surface area (Å²) in [6.07, 6.45) is 1.57. The van der Waals surface area contributed by atoms with Crippen molar-refractivity contribution < 1.29 is 19.4 Å². The van der Waals surface area contributed by atoms with Gasteiger partial charge in [-0.3, -0.25) is 9.59 Å². The lowest BCUT2D eigenvalue weighted by Gasteiger charge is -2.15. The van der Waals surface area contributed by atoms with Crippen LogP contribution < -0.4 is 10.1 Å². The lowest BCUT2D eigenvalue weighted by atomic mass is 10.0. The van der Waals surface area contributed by atoms with Crippen LogP contribution in [-0.2, 0) is 9.59 Å². The molecule has 1 amide bonds. The number of carboxylic acids is 1. The van der Waals surface area contributed by atoms with Crippen LogP contribution in [0.2, 0.25) is 0 Å². The molecular weight excluding hydrogens is 338 g/mol. The number of hydrogen-bond acceptors (Lipinski definition) is 3. The molecule has 1 aromatic rings. The van der Waals surface area contributed by atoms with Gasteiger partial charge in [-0.1, -0.05) is 15.9 Å². The normalized spacial score (nSPS) is 21.1. The molecule has 0 unspecified atom stereocenters. The van der Waals surface area contributed by atoms with E-state index < -0.39 is 11.9 Å². The highest BCUT2D eigenvalue weighted by molar-refractivity contribution is 9.10. The fourth-order valence-corrected chi connectivity index (χ4v) is 2.94. The highest BCUT2D eigenvalue weighted by Gasteiger charge is 2.34. The zero-order chi connectivity index (χ0) is 15.6. The number of amides is 1. The number of carboxylic acid groups (broad SMARTS) is 1. The topological polar surface area (TPSA) is 75.6 Å². The van der Waals surface area contributed by atoms with Crippen molar-refractivity contribution in [3.05, 3.63) is 22.2 Å². The van der Waals surface area contributed by atoms with E-state index in [1.54, 1.807) is 13.2 Å². The molecule has 2 atom stereocenters. The Kier molecular flexibility index (Phi) is 4.88. The van der Waals surface area contributed by atoms with Crippen LogP contribution in [0.5, 0.6) is 5.75 Å². The Bertz CT molecular complexity index is 573. The Labute approximate surface area is 131 Å². The number of aliphatic carboxylic acids is 1. The third kappa shape index (κ3) is 3.56. The molecule has 114 valence electrons. The lowest BCUT2D eigenvalue weighted by Crippen LogP contribution is -2.22. The number of nitrogens with one attached hydrogen (secondary N) is 1. The Balaban J connectivity index is 2.10. The summed E-state index contributed by atoms with van der Waals surface area (Å²) in [6.45, 7) is 1.94.